The molecule has 3 rings (SSSR count). The second-order valence-electron chi connectivity index (χ2n) is 4.92. The molecule has 0 saturated heterocycles. The fourth-order valence-electron chi connectivity index (χ4n) is 2.54. The molecule has 0 fully saturated rings. The van der Waals surface area contributed by atoms with Crippen LogP contribution in [0.3, 0.4) is 0 Å². The molecule has 2 nitrogen and oxygen atoms in total. The van der Waals surface area contributed by atoms with Crippen LogP contribution in [0.1, 0.15) is 23.7 Å². The summed E-state index contributed by atoms with van der Waals surface area (Å²) < 4.78 is 15.6. The standard InChI is InChI=1S/C15H13Cl2FN2S/c1-9(5-10-3-2-4-21-10)20-14-6-11(17)12(18)7-13(14)19-15(20)8-16/h2-4,6-7,9H,5,8H2,1H3. The summed E-state index contributed by atoms with van der Waals surface area (Å²) in [5, 5.41) is 2.16. The molecule has 1 unspecified atom stereocenters. The Morgan fingerprint density at radius 2 is 2.24 bits per heavy atom. The zero-order chi connectivity index (χ0) is 15.0. The van der Waals surface area contributed by atoms with Gasteiger partial charge in [0.15, 0.2) is 0 Å². The van der Waals surface area contributed by atoms with Crippen molar-refractivity contribution >= 4 is 45.6 Å². The molecular formula is C15H13Cl2FN2S. The van der Waals surface area contributed by atoms with Crippen LogP contribution in [-0.2, 0) is 12.3 Å². The molecule has 6 heteroatoms. The van der Waals surface area contributed by atoms with Crippen molar-refractivity contribution in [2.24, 2.45) is 0 Å². The maximum Gasteiger partial charge on any atom is 0.144 e. The largest absolute Gasteiger partial charge is 0.324 e. The lowest BCUT2D eigenvalue weighted by molar-refractivity contribution is 0.547. The first-order valence-electron chi connectivity index (χ1n) is 6.54. The van der Waals surface area contributed by atoms with Crippen molar-refractivity contribution in [1.29, 1.82) is 0 Å². The third-order valence-corrected chi connectivity index (χ3v) is 4.87. The maximum absolute atomic E-state index is 13.6. The van der Waals surface area contributed by atoms with Crippen molar-refractivity contribution in [3.05, 3.63) is 51.2 Å². The number of thiophene rings is 1. The third kappa shape index (κ3) is 2.80. The highest BCUT2D eigenvalue weighted by atomic mass is 35.5. The van der Waals surface area contributed by atoms with Gasteiger partial charge >= 0.3 is 0 Å². The lowest BCUT2D eigenvalue weighted by Gasteiger charge is -2.16. The summed E-state index contributed by atoms with van der Waals surface area (Å²) >= 11 is 13.6. The molecule has 0 N–H and O–H groups in total. The Kier molecular flexibility index (Phi) is 4.20. The molecule has 0 aliphatic heterocycles. The van der Waals surface area contributed by atoms with Gasteiger partial charge in [-0.15, -0.1) is 22.9 Å². The molecule has 0 spiro atoms. The fraction of sp³-hybridized carbons (Fsp3) is 0.267. The van der Waals surface area contributed by atoms with Gasteiger partial charge in [-0.1, -0.05) is 17.7 Å². The number of aromatic nitrogens is 2. The minimum atomic E-state index is -0.458. The van der Waals surface area contributed by atoms with E-state index < -0.39 is 5.82 Å². The molecule has 1 atom stereocenters. The normalized spacial score (nSPS) is 13.0. The summed E-state index contributed by atoms with van der Waals surface area (Å²) in [5.41, 5.74) is 1.41. The van der Waals surface area contributed by atoms with Gasteiger partial charge in [0.05, 0.1) is 21.9 Å². The number of hydrogen-bond acceptors (Lipinski definition) is 2. The summed E-state index contributed by atoms with van der Waals surface area (Å²) in [6, 6.07) is 7.30. The van der Waals surface area contributed by atoms with Crippen LogP contribution in [0.5, 0.6) is 0 Å². The van der Waals surface area contributed by atoms with Crippen molar-refractivity contribution in [1.82, 2.24) is 9.55 Å². The number of halogens is 3. The molecular weight excluding hydrogens is 330 g/mol. The minimum absolute atomic E-state index is 0.105. The number of rotatable bonds is 4. The van der Waals surface area contributed by atoms with Gasteiger partial charge in [0.2, 0.25) is 0 Å². The summed E-state index contributed by atoms with van der Waals surface area (Å²) in [5.74, 6) is 0.557. The Morgan fingerprint density at radius 1 is 1.43 bits per heavy atom. The highest BCUT2D eigenvalue weighted by Gasteiger charge is 2.18. The van der Waals surface area contributed by atoms with E-state index in [4.69, 9.17) is 23.2 Å². The quantitative estimate of drug-likeness (QED) is 0.577. The second-order valence-corrected chi connectivity index (χ2v) is 6.63. The predicted octanol–water partition coefficient (Wildman–Crippen LogP) is 5.43. The highest BCUT2D eigenvalue weighted by molar-refractivity contribution is 7.09. The molecule has 2 aromatic heterocycles. The average Bonchev–Trinajstić information content (AvgIpc) is 3.06. The van der Waals surface area contributed by atoms with E-state index in [1.165, 1.54) is 10.9 Å². The van der Waals surface area contributed by atoms with Gasteiger partial charge in [-0.05, 0) is 24.4 Å². The molecule has 21 heavy (non-hydrogen) atoms. The fourth-order valence-corrected chi connectivity index (χ4v) is 3.71. The number of imidazole rings is 1. The van der Waals surface area contributed by atoms with Gasteiger partial charge in [-0.2, -0.15) is 0 Å². The molecule has 0 aliphatic rings. The van der Waals surface area contributed by atoms with E-state index in [0.717, 1.165) is 17.8 Å². The first-order chi connectivity index (χ1) is 10.1. The van der Waals surface area contributed by atoms with E-state index in [-0.39, 0.29) is 16.9 Å². The number of hydrogen-bond donors (Lipinski definition) is 0. The van der Waals surface area contributed by atoms with E-state index in [0.29, 0.717) is 5.52 Å². The molecule has 1 aromatic carbocycles. The van der Waals surface area contributed by atoms with Gasteiger partial charge in [0, 0.05) is 23.4 Å². The Hall–Kier alpha value is -1.10. The highest BCUT2D eigenvalue weighted by Crippen LogP contribution is 2.29. The van der Waals surface area contributed by atoms with Gasteiger partial charge in [-0.25, -0.2) is 9.37 Å². The molecule has 3 aromatic rings. The van der Waals surface area contributed by atoms with Crippen molar-refractivity contribution in [2.75, 3.05) is 0 Å². The summed E-state index contributed by atoms with van der Waals surface area (Å²) in [6.45, 7) is 2.11. The number of benzene rings is 1. The molecule has 0 amide bonds. The number of nitrogens with zero attached hydrogens (tertiary/aromatic N) is 2. The van der Waals surface area contributed by atoms with Crippen LogP contribution < -0.4 is 0 Å². The van der Waals surface area contributed by atoms with Crippen molar-refractivity contribution < 1.29 is 4.39 Å². The van der Waals surface area contributed by atoms with Crippen LogP contribution in [-0.4, -0.2) is 9.55 Å². The molecule has 0 saturated carbocycles. The van der Waals surface area contributed by atoms with Crippen LogP contribution >= 0.6 is 34.5 Å². The van der Waals surface area contributed by atoms with Gasteiger partial charge in [-0.3, -0.25) is 0 Å². The van der Waals surface area contributed by atoms with Crippen LogP contribution in [0.4, 0.5) is 4.39 Å². The molecule has 110 valence electrons. The van der Waals surface area contributed by atoms with E-state index >= 15 is 0 Å². The lowest BCUT2D eigenvalue weighted by atomic mass is 10.2. The second kappa shape index (κ2) is 5.95. The van der Waals surface area contributed by atoms with Crippen LogP contribution in [0.15, 0.2) is 29.6 Å². The zero-order valence-corrected chi connectivity index (χ0v) is 13.6. The van der Waals surface area contributed by atoms with E-state index in [1.54, 1.807) is 17.4 Å². The average molecular weight is 343 g/mol. The first-order valence-corrected chi connectivity index (χ1v) is 8.33. The zero-order valence-electron chi connectivity index (χ0n) is 11.3. The Bertz CT molecular complexity index is 768. The number of fused-ring (bicyclic) bond motifs is 1. The molecule has 2 heterocycles. The van der Waals surface area contributed by atoms with Crippen LogP contribution in [0, 0.1) is 5.82 Å². The van der Waals surface area contributed by atoms with Gasteiger partial charge in [0.25, 0.3) is 0 Å². The Labute approximate surface area is 136 Å². The molecule has 0 radical (unpaired) electrons. The monoisotopic (exact) mass is 342 g/mol. The summed E-state index contributed by atoms with van der Waals surface area (Å²) in [7, 11) is 0. The van der Waals surface area contributed by atoms with Gasteiger partial charge in [0.1, 0.15) is 11.6 Å². The van der Waals surface area contributed by atoms with Crippen molar-refractivity contribution in [2.45, 2.75) is 25.3 Å². The van der Waals surface area contributed by atoms with Crippen molar-refractivity contribution in [3.8, 4) is 0 Å². The lowest BCUT2D eigenvalue weighted by Crippen LogP contribution is -2.10. The van der Waals surface area contributed by atoms with Crippen LogP contribution in [0.2, 0.25) is 5.02 Å². The first kappa shape index (κ1) is 14.8. The summed E-state index contributed by atoms with van der Waals surface area (Å²) in [4.78, 5) is 5.71. The van der Waals surface area contributed by atoms with Gasteiger partial charge < -0.3 is 4.57 Å². The van der Waals surface area contributed by atoms with E-state index in [2.05, 4.69) is 23.4 Å². The Balaban J connectivity index is 2.09. The molecule has 0 bridgehead atoms. The molecule has 0 aliphatic carbocycles. The Morgan fingerprint density at radius 3 is 2.90 bits per heavy atom. The SMILES string of the molecule is CC(Cc1cccs1)n1c(CCl)nc2cc(F)c(Cl)cc21. The minimum Gasteiger partial charge on any atom is -0.324 e. The third-order valence-electron chi connectivity index (χ3n) is 3.44. The van der Waals surface area contributed by atoms with Crippen molar-refractivity contribution in [3.63, 3.8) is 0 Å². The predicted molar refractivity (Wildman–Crippen MR) is 87.0 cm³/mol. The topological polar surface area (TPSA) is 17.8 Å². The van der Waals surface area contributed by atoms with E-state index in [9.17, 15) is 4.39 Å². The van der Waals surface area contributed by atoms with Crippen LogP contribution in [0.25, 0.3) is 11.0 Å². The summed E-state index contributed by atoms with van der Waals surface area (Å²) in [6.07, 6.45) is 0.877. The smallest absolute Gasteiger partial charge is 0.144 e. The number of alkyl halides is 1. The maximum atomic E-state index is 13.6. The van der Waals surface area contributed by atoms with E-state index in [1.807, 2.05) is 10.6 Å².